The molecule has 2 aromatic rings. The fourth-order valence-electron chi connectivity index (χ4n) is 3.95. The van der Waals surface area contributed by atoms with Crippen molar-refractivity contribution in [3.8, 4) is 0 Å². The number of rotatable bonds is 3. The third kappa shape index (κ3) is 3.15. The molecule has 2 aromatic heterocycles. The Morgan fingerprint density at radius 3 is 2.54 bits per heavy atom. The molecular weight excluding hydrogens is 320 g/mol. The highest BCUT2D eigenvalue weighted by Gasteiger charge is 2.34. The minimum absolute atomic E-state index is 0.203. The summed E-state index contributed by atoms with van der Waals surface area (Å²) < 4.78 is 0. The Bertz CT molecular complexity index is 668. The minimum Gasteiger partial charge on any atom is -0.341 e. The second kappa shape index (κ2) is 6.89. The molecule has 0 N–H and O–H groups in total. The van der Waals surface area contributed by atoms with Gasteiger partial charge in [0, 0.05) is 44.0 Å². The van der Waals surface area contributed by atoms with Crippen molar-refractivity contribution >= 4 is 23.2 Å². The monoisotopic (exact) mass is 342 g/mol. The topological polar surface area (TPSA) is 49.3 Å². The molecule has 4 rings (SSSR count). The summed E-state index contributed by atoms with van der Waals surface area (Å²) in [4.78, 5) is 25.5. The third-order valence-corrected chi connectivity index (χ3v) is 6.00. The van der Waals surface area contributed by atoms with E-state index >= 15 is 0 Å². The zero-order valence-corrected chi connectivity index (χ0v) is 14.5. The van der Waals surface area contributed by atoms with Crippen molar-refractivity contribution in [2.75, 3.05) is 31.1 Å². The van der Waals surface area contributed by atoms with E-state index in [1.165, 1.54) is 12.8 Å². The molecule has 0 unspecified atom stereocenters. The molecule has 4 heterocycles. The molecule has 0 radical (unpaired) electrons. The maximum absolute atomic E-state index is 12.5. The van der Waals surface area contributed by atoms with Gasteiger partial charge in [0.25, 0.3) is 5.91 Å². The Kier molecular flexibility index (Phi) is 4.47. The van der Waals surface area contributed by atoms with Crippen LogP contribution in [0.3, 0.4) is 0 Å². The van der Waals surface area contributed by atoms with Crippen LogP contribution in [0.1, 0.15) is 29.6 Å². The van der Waals surface area contributed by atoms with Crippen molar-refractivity contribution in [2.45, 2.75) is 19.3 Å². The molecule has 2 fully saturated rings. The largest absolute Gasteiger partial charge is 0.341 e. The van der Waals surface area contributed by atoms with Gasteiger partial charge in [-0.1, -0.05) is 0 Å². The average Bonchev–Trinajstić information content (AvgIpc) is 3.34. The summed E-state index contributed by atoms with van der Waals surface area (Å²) in [6, 6.07) is 3.78. The van der Waals surface area contributed by atoms with Crippen LogP contribution in [0.2, 0.25) is 0 Å². The Morgan fingerprint density at radius 1 is 1.08 bits per heavy atom. The van der Waals surface area contributed by atoms with E-state index in [0.29, 0.717) is 11.8 Å². The predicted octanol–water partition coefficient (Wildman–Crippen LogP) is 2.92. The highest BCUT2D eigenvalue weighted by Crippen LogP contribution is 2.33. The molecule has 2 aliphatic rings. The van der Waals surface area contributed by atoms with Crippen LogP contribution < -0.4 is 4.90 Å². The molecule has 2 saturated heterocycles. The van der Waals surface area contributed by atoms with Gasteiger partial charge >= 0.3 is 0 Å². The van der Waals surface area contributed by atoms with Crippen LogP contribution in [0.15, 0.2) is 35.3 Å². The molecule has 0 saturated carbocycles. The molecule has 0 bridgehead atoms. The highest BCUT2D eigenvalue weighted by atomic mass is 32.1. The second-order valence-electron chi connectivity index (χ2n) is 6.69. The van der Waals surface area contributed by atoms with E-state index in [1.807, 2.05) is 27.8 Å². The molecule has 2 aliphatic heterocycles. The normalized spacial score (nSPS) is 22.1. The van der Waals surface area contributed by atoms with Crippen molar-refractivity contribution in [1.29, 1.82) is 0 Å². The zero-order chi connectivity index (χ0) is 16.4. The van der Waals surface area contributed by atoms with Gasteiger partial charge in [-0.15, -0.1) is 0 Å². The lowest BCUT2D eigenvalue weighted by Crippen LogP contribution is -2.38. The number of piperidine rings is 1. The molecule has 0 aromatic carbocycles. The van der Waals surface area contributed by atoms with Crippen LogP contribution in [0.4, 0.5) is 5.95 Å². The van der Waals surface area contributed by atoms with Gasteiger partial charge in [0.2, 0.25) is 5.95 Å². The summed E-state index contributed by atoms with van der Waals surface area (Å²) in [6.45, 7) is 3.86. The van der Waals surface area contributed by atoms with Gasteiger partial charge in [-0.3, -0.25) is 4.79 Å². The van der Waals surface area contributed by atoms with Crippen LogP contribution in [0.5, 0.6) is 0 Å². The van der Waals surface area contributed by atoms with Crippen molar-refractivity contribution < 1.29 is 4.79 Å². The molecule has 1 amide bonds. The number of hydrogen-bond donors (Lipinski definition) is 0. The van der Waals surface area contributed by atoms with Gasteiger partial charge in [0.15, 0.2) is 0 Å². The Hall–Kier alpha value is -1.95. The first-order valence-electron chi connectivity index (χ1n) is 8.64. The van der Waals surface area contributed by atoms with Gasteiger partial charge in [-0.05, 0) is 48.6 Å². The number of carbonyl (C=O) groups is 1. The van der Waals surface area contributed by atoms with Crippen LogP contribution >= 0.6 is 11.3 Å². The summed E-state index contributed by atoms with van der Waals surface area (Å²) in [5, 5.41) is 3.93. The molecule has 0 aliphatic carbocycles. The van der Waals surface area contributed by atoms with E-state index in [1.54, 1.807) is 23.7 Å². The van der Waals surface area contributed by atoms with Crippen LogP contribution in [-0.2, 0) is 0 Å². The van der Waals surface area contributed by atoms with Gasteiger partial charge in [-0.2, -0.15) is 11.3 Å². The van der Waals surface area contributed by atoms with Crippen molar-refractivity contribution in [3.05, 3.63) is 40.8 Å². The third-order valence-electron chi connectivity index (χ3n) is 5.32. The summed E-state index contributed by atoms with van der Waals surface area (Å²) in [5.74, 6) is 2.40. The van der Waals surface area contributed by atoms with Gasteiger partial charge in [-0.25, -0.2) is 9.97 Å². The Balaban J connectivity index is 1.31. The summed E-state index contributed by atoms with van der Waals surface area (Å²) in [5.41, 5.74) is 0.844. The molecular formula is C18H22N4OS. The predicted molar refractivity (Wildman–Crippen MR) is 95.3 cm³/mol. The Morgan fingerprint density at radius 2 is 1.83 bits per heavy atom. The van der Waals surface area contributed by atoms with Crippen LogP contribution in [0, 0.1) is 11.8 Å². The fraction of sp³-hybridized carbons (Fsp3) is 0.500. The SMILES string of the molecule is O=C(c1ccsc1)N1CC[C@H](C2CCN(c3ncccn3)CC2)C1. The van der Waals surface area contributed by atoms with Crippen LogP contribution in [0.25, 0.3) is 0 Å². The van der Waals surface area contributed by atoms with E-state index in [-0.39, 0.29) is 5.91 Å². The molecule has 126 valence electrons. The number of anilines is 1. The number of nitrogens with zero attached hydrogens (tertiary/aromatic N) is 4. The number of aromatic nitrogens is 2. The molecule has 0 spiro atoms. The minimum atomic E-state index is 0.203. The van der Waals surface area contributed by atoms with Crippen molar-refractivity contribution in [1.82, 2.24) is 14.9 Å². The van der Waals surface area contributed by atoms with E-state index in [9.17, 15) is 4.79 Å². The maximum atomic E-state index is 12.5. The average molecular weight is 342 g/mol. The van der Waals surface area contributed by atoms with E-state index in [4.69, 9.17) is 0 Å². The number of amides is 1. The van der Waals surface area contributed by atoms with E-state index in [0.717, 1.165) is 44.1 Å². The summed E-state index contributed by atoms with van der Waals surface area (Å²) in [6.07, 6.45) is 7.09. The summed E-state index contributed by atoms with van der Waals surface area (Å²) in [7, 11) is 0. The highest BCUT2D eigenvalue weighted by molar-refractivity contribution is 7.08. The second-order valence-corrected chi connectivity index (χ2v) is 7.47. The molecule has 6 heteroatoms. The van der Waals surface area contributed by atoms with Gasteiger partial charge < -0.3 is 9.80 Å². The number of thiophene rings is 1. The Labute approximate surface area is 146 Å². The first-order chi connectivity index (χ1) is 11.8. The number of likely N-dealkylation sites (tertiary alicyclic amines) is 1. The number of carbonyl (C=O) groups excluding carboxylic acids is 1. The first-order valence-corrected chi connectivity index (χ1v) is 9.59. The lowest BCUT2D eigenvalue weighted by molar-refractivity contribution is 0.0781. The molecule has 24 heavy (non-hydrogen) atoms. The quantitative estimate of drug-likeness (QED) is 0.860. The molecule has 5 nitrogen and oxygen atoms in total. The molecule has 1 atom stereocenters. The van der Waals surface area contributed by atoms with Crippen molar-refractivity contribution in [2.24, 2.45) is 11.8 Å². The van der Waals surface area contributed by atoms with Gasteiger partial charge in [0.05, 0.1) is 5.56 Å². The zero-order valence-electron chi connectivity index (χ0n) is 13.7. The maximum Gasteiger partial charge on any atom is 0.254 e. The first kappa shape index (κ1) is 15.6. The summed E-state index contributed by atoms with van der Waals surface area (Å²) >= 11 is 1.59. The van der Waals surface area contributed by atoms with Gasteiger partial charge in [0.1, 0.15) is 0 Å². The van der Waals surface area contributed by atoms with Crippen molar-refractivity contribution in [3.63, 3.8) is 0 Å². The standard InChI is InChI=1S/C18H22N4OS/c23-17(16-5-11-24-13-16)22-10-4-15(12-22)14-2-8-21(9-3-14)18-19-6-1-7-20-18/h1,5-7,11,13-15H,2-4,8-10,12H2/t15-/m0/s1. The smallest absolute Gasteiger partial charge is 0.254 e. The lowest BCUT2D eigenvalue weighted by Gasteiger charge is -2.34. The lowest BCUT2D eigenvalue weighted by atomic mass is 9.84. The van der Waals surface area contributed by atoms with Crippen LogP contribution in [-0.4, -0.2) is 47.0 Å². The van der Waals surface area contributed by atoms with E-state index in [2.05, 4.69) is 14.9 Å². The van der Waals surface area contributed by atoms with E-state index < -0.39 is 0 Å². The number of hydrogen-bond acceptors (Lipinski definition) is 5. The fourth-order valence-corrected chi connectivity index (χ4v) is 4.58.